The van der Waals surface area contributed by atoms with Crippen LogP contribution in [0.2, 0.25) is 0 Å². The highest BCUT2D eigenvalue weighted by Crippen LogP contribution is 2.25. The second-order valence-electron chi connectivity index (χ2n) is 7.88. The summed E-state index contributed by atoms with van der Waals surface area (Å²) in [6, 6.07) is 7.39. The minimum Gasteiger partial charge on any atom is -0.339 e. The van der Waals surface area contributed by atoms with E-state index in [4.69, 9.17) is 0 Å². The van der Waals surface area contributed by atoms with Gasteiger partial charge in [-0.25, -0.2) is 18.1 Å². The van der Waals surface area contributed by atoms with Crippen LogP contribution in [0.1, 0.15) is 39.9 Å². The summed E-state index contributed by atoms with van der Waals surface area (Å²) in [5.74, 6) is 0.209. The van der Waals surface area contributed by atoms with Crippen molar-refractivity contribution >= 4 is 27.7 Å². The molecular weight excluding hydrogens is 418 g/mol. The summed E-state index contributed by atoms with van der Waals surface area (Å²) >= 11 is 1.46. The Balaban J connectivity index is 1.59. The van der Waals surface area contributed by atoms with Crippen molar-refractivity contribution in [3.63, 3.8) is 0 Å². The van der Waals surface area contributed by atoms with Gasteiger partial charge in [0.1, 0.15) is 5.03 Å². The highest BCUT2D eigenvalue weighted by atomic mass is 32.2. The zero-order chi connectivity index (χ0) is 21.9. The molecule has 30 heavy (non-hydrogen) atoms. The van der Waals surface area contributed by atoms with Crippen LogP contribution in [-0.4, -0.2) is 50.1 Å². The summed E-state index contributed by atoms with van der Waals surface area (Å²) in [5.41, 5.74) is 3.22. The SMILES string of the molecule is CSc1ncccc1C(=O)N1CCC(CNS(=O)(=O)c2c(C)cc(C)cc2C)CC1. The van der Waals surface area contributed by atoms with Crippen molar-refractivity contribution in [2.24, 2.45) is 5.92 Å². The van der Waals surface area contributed by atoms with Crippen molar-refractivity contribution in [3.05, 3.63) is 52.7 Å². The molecule has 0 radical (unpaired) electrons. The van der Waals surface area contributed by atoms with Crippen LogP contribution in [0, 0.1) is 26.7 Å². The van der Waals surface area contributed by atoms with E-state index in [0.29, 0.717) is 30.1 Å². The fraction of sp³-hybridized carbons (Fsp3) is 0.455. The highest BCUT2D eigenvalue weighted by Gasteiger charge is 2.27. The lowest BCUT2D eigenvalue weighted by molar-refractivity contribution is 0.0687. The first kappa shape index (κ1) is 22.8. The van der Waals surface area contributed by atoms with Gasteiger partial charge in [-0.3, -0.25) is 4.79 Å². The predicted molar refractivity (Wildman–Crippen MR) is 120 cm³/mol. The number of sulfonamides is 1. The summed E-state index contributed by atoms with van der Waals surface area (Å²) in [4.78, 5) is 19.3. The number of carbonyl (C=O) groups is 1. The van der Waals surface area contributed by atoms with Gasteiger partial charge in [0.2, 0.25) is 10.0 Å². The molecule has 0 atom stereocenters. The molecule has 162 valence electrons. The smallest absolute Gasteiger partial charge is 0.256 e. The van der Waals surface area contributed by atoms with Crippen molar-refractivity contribution < 1.29 is 13.2 Å². The van der Waals surface area contributed by atoms with Crippen LogP contribution < -0.4 is 4.72 Å². The van der Waals surface area contributed by atoms with Crippen molar-refractivity contribution in [1.82, 2.24) is 14.6 Å². The molecule has 2 heterocycles. The topological polar surface area (TPSA) is 79.4 Å². The number of aromatic nitrogens is 1. The van der Waals surface area contributed by atoms with E-state index in [0.717, 1.165) is 34.6 Å². The van der Waals surface area contributed by atoms with Gasteiger partial charge in [0.05, 0.1) is 10.5 Å². The molecule has 0 saturated carbocycles. The standard InChI is InChI=1S/C22H29N3O3S2/c1-15-12-16(2)20(17(3)13-15)30(27,28)24-14-18-7-10-25(11-8-18)22(26)19-6-5-9-23-21(19)29-4/h5-6,9,12-13,18,24H,7-8,10-11,14H2,1-4H3. The monoisotopic (exact) mass is 447 g/mol. The molecule has 1 aliphatic rings. The maximum absolute atomic E-state index is 12.9. The zero-order valence-electron chi connectivity index (χ0n) is 17.9. The number of rotatable bonds is 6. The van der Waals surface area contributed by atoms with E-state index in [1.807, 2.05) is 50.1 Å². The van der Waals surface area contributed by atoms with Gasteiger partial charge >= 0.3 is 0 Å². The first-order valence-corrected chi connectivity index (χ1v) is 12.8. The van der Waals surface area contributed by atoms with E-state index in [9.17, 15) is 13.2 Å². The number of benzene rings is 1. The van der Waals surface area contributed by atoms with Crippen molar-refractivity contribution in [1.29, 1.82) is 0 Å². The van der Waals surface area contributed by atoms with E-state index in [1.165, 1.54) is 11.8 Å². The van der Waals surface area contributed by atoms with E-state index >= 15 is 0 Å². The third-order valence-corrected chi connectivity index (χ3v) is 7.97. The number of nitrogens with zero attached hydrogens (tertiary/aromatic N) is 2. The first-order chi connectivity index (χ1) is 14.2. The average molecular weight is 448 g/mol. The summed E-state index contributed by atoms with van der Waals surface area (Å²) in [6.07, 6.45) is 5.15. The number of amides is 1. The van der Waals surface area contributed by atoms with Crippen LogP contribution in [0.25, 0.3) is 0 Å². The predicted octanol–water partition coefficient (Wildman–Crippen LogP) is 3.56. The van der Waals surface area contributed by atoms with Crippen LogP contribution in [0.3, 0.4) is 0 Å². The molecule has 0 unspecified atom stereocenters. The van der Waals surface area contributed by atoms with Gasteiger partial charge in [0, 0.05) is 25.8 Å². The molecule has 0 bridgehead atoms. The molecule has 1 saturated heterocycles. The Kier molecular flexibility index (Phi) is 7.21. The van der Waals surface area contributed by atoms with Gasteiger partial charge in [-0.05, 0) is 69.0 Å². The zero-order valence-corrected chi connectivity index (χ0v) is 19.6. The molecule has 1 aliphatic heterocycles. The van der Waals surface area contributed by atoms with Crippen LogP contribution in [0.5, 0.6) is 0 Å². The Labute approximate surface area is 183 Å². The normalized spacial score (nSPS) is 15.4. The molecule has 0 spiro atoms. The molecule has 1 aromatic heterocycles. The number of pyridine rings is 1. The summed E-state index contributed by atoms with van der Waals surface area (Å²) < 4.78 is 28.5. The first-order valence-electron chi connectivity index (χ1n) is 10.1. The van der Waals surface area contributed by atoms with Gasteiger partial charge in [0.15, 0.2) is 0 Å². The third-order valence-electron chi connectivity index (χ3n) is 5.53. The van der Waals surface area contributed by atoms with Gasteiger partial charge in [0.25, 0.3) is 5.91 Å². The second kappa shape index (κ2) is 9.49. The molecule has 2 aromatic rings. The maximum Gasteiger partial charge on any atom is 0.256 e. The van der Waals surface area contributed by atoms with E-state index < -0.39 is 10.0 Å². The van der Waals surface area contributed by atoms with E-state index in [1.54, 1.807) is 12.3 Å². The van der Waals surface area contributed by atoms with Crippen LogP contribution in [0.15, 0.2) is 40.4 Å². The highest BCUT2D eigenvalue weighted by molar-refractivity contribution is 7.98. The third kappa shape index (κ3) is 5.04. The number of hydrogen-bond donors (Lipinski definition) is 1. The Morgan fingerprint density at radius 3 is 2.43 bits per heavy atom. The largest absolute Gasteiger partial charge is 0.339 e. The molecule has 1 amide bonds. The van der Waals surface area contributed by atoms with Crippen LogP contribution >= 0.6 is 11.8 Å². The Morgan fingerprint density at radius 1 is 1.20 bits per heavy atom. The summed E-state index contributed by atoms with van der Waals surface area (Å²) in [6.45, 7) is 7.26. The number of nitrogens with one attached hydrogen (secondary N) is 1. The lowest BCUT2D eigenvalue weighted by atomic mass is 9.97. The van der Waals surface area contributed by atoms with Crippen molar-refractivity contribution in [2.45, 2.75) is 43.5 Å². The second-order valence-corrected chi connectivity index (χ2v) is 10.4. The number of aryl methyl sites for hydroxylation is 3. The molecule has 3 rings (SSSR count). The molecule has 0 aliphatic carbocycles. The van der Waals surface area contributed by atoms with Gasteiger partial charge in [-0.15, -0.1) is 11.8 Å². The number of thioether (sulfide) groups is 1. The van der Waals surface area contributed by atoms with Gasteiger partial charge in [-0.2, -0.15) is 0 Å². The Morgan fingerprint density at radius 2 is 1.83 bits per heavy atom. The Hall–Kier alpha value is -1.90. The van der Waals surface area contributed by atoms with Crippen LogP contribution in [0.4, 0.5) is 0 Å². The minimum atomic E-state index is -3.56. The number of likely N-dealkylation sites (tertiary alicyclic amines) is 1. The Bertz CT molecular complexity index is 1010. The molecule has 1 aromatic carbocycles. The molecule has 1 N–H and O–H groups in total. The average Bonchev–Trinajstić information content (AvgIpc) is 2.71. The minimum absolute atomic E-state index is 0.00242. The maximum atomic E-state index is 12.9. The summed E-state index contributed by atoms with van der Waals surface area (Å²) in [7, 11) is -3.56. The van der Waals surface area contributed by atoms with Gasteiger partial charge < -0.3 is 4.90 Å². The van der Waals surface area contributed by atoms with Gasteiger partial charge in [-0.1, -0.05) is 17.7 Å². The van der Waals surface area contributed by atoms with Crippen molar-refractivity contribution in [2.75, 3.05) is 25.9 Å². The van der Waals surface area contributed by atoms with Crippen LogP contribution in [-0.2, 0) is 10.0 Å². The fourth-order valence-corrected chi connectivity index (χ4v) is 6.22. The lowest BCUT2D eigenvalue weighted by Crippen LogP contribution is -2.41. The lowest BCUT2D eigenvalue weighted by Gasteiger charge is -2.32. The number of piperidine rings is 1. The van der Waals surface area contributed by atoms with E-state index in [-0.39, 0.29) is 11.8 Å². The van der Waals surface area contributed by atoms with E-state index in [2.05, 4.69) is 9.71 Å². The quantitative estimate of drug-likeness (QED) is 0.685. The molecule has 8 heteroatoms. The molecule has 6 nitrogen and oxygen atoms in total. The van der Waals surface area contributed by atoms with Crippen molar-refractivity contribution in [3.8, 4) is 0 Å². The molecular formula is C22H29N3O3S2. The number of carbonyl (C=O) groups excluding carboxylic acids is 1. The summed E-state index contributed by atoms with van der Waals surface area (Å²) in [5, 5.41) is 0.737. The fourth-order valence-electron chi connectivity index (χ4n) is 4.12. The number of hydrogen-bond acceptors (Lipinski definition) is 5. The molecule has 1 fully saturated rings.